The third-order valence-corrected chi connectivity index (χ3v) is 6.96. The molecule has 10 heteroatoms. The van der Waals surface area contributed by atoms with Gasteiger partial charge in [0.15, 0.2) is 21.3 Å². The molecule has 4 rings (SSSR count). The first-order chi connectivity index (χ1) is 16.8. The van der Waals surface area contributed by atoms with Crippen molar-refractivity contribution in [3.63, 3.8) is 0 Å². The van der Waals surface area contributed by atoms with Crippen molar-refractivity contribution in [2.45, 2.75) is 11.3 Å². The smallest absolute Gasteiger partial charge is 0.255 e. The zero-order valence-electron chi connectivity index (χ0n) is 18.9. The number of nitrogens with one attached hydrogen (secondary N) is 2. The van der Waals surface area contributed by atoms with Gasteiger partial charge >= 0.3 is 0 Å². The number of benzene rings is 3. The second kappa shape index (κ2) is 10.5. The van der Waals surface area contributed by atoms with Crippen LogP contribution in [0.2, 0.25) is 0 Å². The number of methoxy groups -OCH3 is 1. The highest BCUT2D eigenvalue weighted by atomic mass is 32.2. The highest BCUT2D eigenvalue weighted by Crippen LogP contribution is 2.32. The van der Waals surface area contributed by atoms with E-state index in [-0.39, 0.29) is 23.0 Å². The molecular weight excluding hydrogens is 472 g/mol. The fourth-order valence-corrected chi connectivity index (χ4v) is 4.62. The van der Waals surface area contributed by atoms with Crippen molar-refractivity contribution in [1.82, 2.24) is 0 Å². The third kappa shape index (κ3) is 6.10. The zero-order chi connectivity index (χ0) is 24.8. The van der Waals surface area contributed by atoms with Crippen LogP contribution in [-0.4, -0.2) is 46.3 Å². The molecule has 0 unspecified atom stereocenters. The van der Waals surface area contributed by atoms with Crippen molar-refractivity contribution in [3.05, 3.63) is 72.3 Å². The normalized spacial score (nSPS) is 12.5. The molecular formula is C25H24N2O7S. The summed E-state index contributed by atoms with van der Waals surface area (Å²) in [5, 5.41) is 5.43. The lowest BCUT2D eigenvalue weighted by atomic mass is 10.2. The summed E-state index contributed by atoms with van der Waals surface area (Å²) < 4.78 is 41.2. The molecule has 3 aromatic rings. The number of hydrogen-bond donors (Lipinski definition) is 2. The molecule has 2 N–H and O–H groups in total. The lowest BCUT2D eigenvalue weighted by molar-refractivity contribution is -0.115. The molecule has 2 amide bonds. The van der Waals surface area contributed by atoms with Crippen molar-refractivity contribution < 1.29 is 32.2 Å². The van der Waals surface area contributed by atoms with Crippen molar-refractivity contribution in [2.75, 3.05) is 36.7 Å². The predicted octanol–water partition coefficient (Wildman–Crippen LogP) is 3.52. The zero-order valence-corrected chi connectivity index (χ0v) is 19.8. The Labute approximate surface area is 202 Å². The molecule has 1 heterocycles. The summed E-state index contributed by atoms with van der Waals surface area (Å²) in [5.41, 5.74) is 1.47. The summed E-state index contributed by atoms with van der Waals surface area (Å²) in [7, 11) is -2.13. The summed E-state index contributed by atoms with van der Waals surface area (Å²) in [4.78, 5) is 24.8. The predicted molar refractivity (Wildman–Crippen MR) is 130 cm³/mol. The Morgan fingerprint density at radius 2 is 1.49 bits per heavy atom. The second-order valence-electron chi connectivity index (χ2n) is 7.68. The maximum absolute atomic E-state index is 12.7. The topological polar surface area (TPSA) is 120 Å². The molecule has 0 atom stereocenters. The molecule has 9 nitrogen and oxygen atoms in total. The Balaban J connectivity index is 1.30. The van der Waals surface area contributed by atoms with E-state index in [1.54, 1.807) is 61.7 Å². The van der Waals surface area contributed by atoms with E-state index in [4.69, 9.17) is 14.2 Å². The van der Waals surface area contributed by atoms with E-state index < -0.39 is 15.7 Å². The van der Waals surface area contributed by atoms with Crippen LogP contribution >= 0.6 is 0 Å². The van der Waals surface area contributed by atoms with Gasteiger partial charge in [0.2, 0.25) is 5.91 Å². The fourth-order valence-electron chi connectivity index (χ4n) is 3.37. The molecule has 182 valence electrons. The first-order valence-electron chi connectivity index (χ1n) is 10.8. The van der Waals surface area contributed by atoms with Crippen LogP contribution in [0, 0.1) is 0 Å². The van der Waals surface area contributed by atoms with Gasteiger partial charge in [-0.25, -0.2) is 8.42 Å². The average Bonchev–Trinajstić information content (AvgIpc) is 2.88. The number of ether oxygens (including phenoxy) is 3. The molecule has 0 aliphatic carbocycles. The molecule has 0 saturated heterocycles. The monoisotopic (exact) mass is 496 g/mol. The SMILES string of the molecule is COc1ccc(NC(=O)c2ccc(NC(=O)CCS(=O)(=O)c3ccc4c(c3)OCCO4)cc2)cc1. The van der Waals surface area contributed by atoms with E-state index in [2.05, 4.69) is 10.6 Å². The highest BCUT2D eigenvalue weighted by molar-refractivity contribution is 7.91. The number of rotatable bonds is 8. The fraction of sp³-hybridized carbons (Fsp3) is 0.200. The molecule has 35 heavy (non-hydrogen) atoms. The highest BCUT2D eigenvalue weighted by Gasteiger charge is 2.20. The van der Waals surface area contributed by atoms with Crippen molar-refractivity contribution in [2.24, 2.45) is 0 Å². The maximum Gasteiger partial charge on any atom is 0.255 e. The van der Waals surface area contributed by atoms with Crippen LogP contribution in [0.25, 0.3) is 0 Å². The van der Waals surface area contributed by atoms with E-state index in [0.29, 0.717) is 47.4 Å². The Bertz CT molecular complexity index is 1320. The van der Waals surface area contributed by atoms with Crippen LogP contribution in [-0.2, 0) is 14.6 Å². The number of anilines is 2. The van der Waals surface area contributed by atoms with Crippen molar-refractivity contribution >= 4 is 33.0 Å². The first kappa shape index (κ1) is 24.1. The van der Waals surface area contributed by atoms with Gasteiger partial charge in [0, 0.05) is 29.4 Å². The van der Waals surface area contributed by atoms with Gasteiger partial charge in [-0.3, -0.25) is 9.59 Å². The van der Waals surface area contributed by atoms with Gasteiger partial charge in [0.05, 0.1) is 17.8 Å². The number of carbonyl (C=O) groups excluding carboxylic acids is 2. The van der Waals surface area contributed by atoms with E-state index in [0.717, 1.165) is 0 Å². The van der Waals surface area contributed by atoms with Gasteiger partial charge in [-0.05, 0) is 60.7 Å². The Hall–Kier alpha value is -4.05. The quantitative estimate of drug-likeness (QED) is 0.490. The minimum Gasteiger partial charge on any atom is -0.497 e. The Kier molecular flexibility index (Phi) is 7.21. The summed E-state index contributed by atoms with van der Waals surface area (Å²) in [6, 6.07) is 17.6. The molecule has 3 aromatic carbocycles. The van der Waals surface area contributed by atoms with E-state index in [1.807, 2.05) is 0 Å². The van der Waals surface area contributed by atoms with Crippen LogP contribution in [0.3, 0.4) is 0 Å². The number of carbonyl (C=O) groups is 2. The Morgan fingerprint density at radius 3 is 2.17 bits per heavy atom. The molecule has 0 radical (unpaired) electrons. The minimum atomic E-state index is -3.69. The molecule has 0 spiro atoms. The van der Waals surface area contributed by atoms with E-state index in [1.165, 1.54) is 12.1 Å². The molecule has 0 fully saturated rings. The average molecular weight is 497 g/mol. The lowest BCUT2D eigenvalue weighted by Crippen LogP contribution is -2.19. The van der Waals surface area contributed by atoms with Crippen LogP contribution in [0.5, 0.6) is 17.2 Å². The number of sulfone groups is 1. The summed E-state index contributed by atoms with van der Waals surface area (Å²) in [5.74, 6) is 0.426. The number of amides is 2. The largest absolute Gasteiger partial charge is 0.497 e. The number of hydrogen-bond acceptors (Lipinski definition) is 7. The second-order valence-corrected chi connectivity index (χ2v) is 9.79. The van der Waals surface area contributed by atoms with Crippen LogP contribution in [0.4, 0.5) is 11.4 Å². The van der Waals surface area contributed by atoms with Gasteiger partial charge in [0.25, 0.3) is 5.91 Å². The maximum atomic E-state index is 12.7. The third-order valence-electron chi connectivity index (χ3n) is 5.25. The van der Waals surface area contributed by atoms with Gasteiger partial charge in [0.1, 0.15) is 19.0 Å². The summed E-state index contributed by atoms with van der Waals surface area (Å²) in [6.07, 6.45) is -0.226. The van der Waals surface area contributed by atoms with Gasteiger partial charge in [-0.1, -0.05) is 0 Å². The molecule has 0 aromatic heterocycles. The van der Waals surface area contributed by atoms with Crippen LogP contribution in [0.1, 0.15) is 16.8 Å². The van der Waals surface area contributed by atoms with Crippen molar-refractivity contribution in [1.29, 1.82) is 0 Å². The van der Waals surface area contributed by atoms with E-state index in [9.17, 15) is 18.0 Å². The van der Waals surface area contributed by atoms with Crippen molar-refractivity contribution in [3.8, 4) is 17.2 Å². The lowest BCUT2D eigenvalue weighted by Gasteiger charge is -2.18. The molecule has 0 bridgehead atoms. The molecule has 1 aliphatic rings. The van der Waals surface area contributed by atoms with Gasteiger partial charge in [-0.2, -0.15) is 0 Å². The molecule has 0 saturated carbocycles. The van der Waals surface area contributed by atoms with Crippen LogP contribution < -0.4 is 24.8 Å². The van der Waals surface area contributed by atoms with Gasteiger partial charge < -0.3 is 24.8 Å². The summed E-state index contributed by atoms with van der Waals surface area (Å²) >= 11 is 0. The first-order valence-corrected chi connectivity index (χ1v) is 12.5. The van der Waals surface area contributed by atoms with Gasteiger partial charge in [-0.15, -0.1) is 0 Å². The number of fused-ring (bicyclic) bond motifs is 1. The van der Waals surface area contributed by atoms with E-state index >= 15 is 0 Å². The Morgan fingerprint density at radius 1 is 0.857 bits per heavy atom. The standard InChI is InChI=1S/C25H24N2O7S/c1-32-20-8-6-19(7-9-20)27-25(29)17-2-4-18(5-3-17)26-24(28)12-15-35(30,31)21-10-11-22-23(16-21)34-14-13-33-22/h2-11,16H,12-15H2,1H3,(H,26,28)(H,27,29). The summed E-state index contributed by atoms with van der Waals surface area (Å²) in [6.45, 7) is 0.758. The minimum absolute atomic E-state index is 0.0711. The molecule has 1 aliphatic heterocycles. The van der Waals surface area contributed by atoms with Crippen LogP contribution in [0.15, 0.2) is 71.6 Å².